The van der Waals surface area contributed by atoms with Gasteiger partial charge in [0.25, 0.3) is 5.69 Å². The SMILES string of the molecule is COc1ccc(Cl)cc1N1C[C@H](C(=O)O[C@H](C)c2cccc([N+](=O)[O-])c2)CC1=O. The quantitative estimate of drug-likeness (QED) is 0.400. The second-order valence-electron chi connectivity index (χ2n) is 6.65. The van der Waals surface area contributed by atoms with Crippen LogP contribution in [0.2, 0.25) is 5.02 Å². The van der Waals surface area contributed by atoms with Crippen LogP contribution in [0.4, 0.5) is 11.4 Å². The van der Waals surface area contributed by atoms with Crippen LogP contribution in [-0.4, -0.2) is 30.5 Å². The molecule has 0 bridgehead atoms. The fourth-order valence-electron chi connectivity index (χ4n) is 3.20. The lowest BCUT2D eigenvalue weighted by molar-refractivity contribution is -0.385. The molecule has 0 unspecified atom stereocenters. The number of nitrogens with zero attached hydrogens (tertiary/aromatic N) is 2. The van der Waals surface area contributed by atoms with E-state index in [1.54, 1.807) is 31.2 Å². The number of hydrogen-bond donors (Lipinski definition) is 0. The summed E-state index contributed by atoms with van der Waals surface area (Å²) in [7, 11) is 1.49. The summed E-state index contributed by atoms with van der Waals surface area (Å²) in [5.41, 5.74) is 0.915. The van der Waals surface area contributed by atoms with Crippen LogP contribution in [0.1, 0.15) is 25.0 Å². The largest absolute Gasteiger partial charge is 0.495 e. The molecule has 0 spiro atoms. The maximum atomic E-state index is 12.6. The predicted octanol–water partition coefficient (Wildman–Crippen LogP) is 3.91. The third-order valence-corrected chi connectivity index (χ3v) is 4.97. The molecule has 1 aliphatic heterocycles. The van der Waals surface area contributed by atoms with Gasteiger partial charge in [0.15, 0.2) is 0 Å². The molecule has 152 valence electrons. The van der Waals surface area contributed by atoms with Gasteiger partial charge in [-0.3, -0.25) is 19.7 Å². The first-order valence-corrected chi connectivity index (χ1v) is 9.26. The van der Waals surface area contributed by atoms with E-state index in [2.05, 4.69) is 0 Å². The first kappa shape index (κ1) is 20.6. The third-order valence-electron chi connectivity index (χ3n) is 4.73. The number of benzene rings is 2. The predicted molar refractivity (Wildman–Crippen MR) is 106 cm³/mol. The lowest BCUT2D eigenvalue weighted by atomic mass is 10.1. The van der Waals surface area contributed by atoms with Crippen molar-refractivity contribution in [2.45, 2.75) is 19.4 Å². The number of carbonyl (C=O) groups excluding carboxylic acids is 2. The second kappa shape index (κ2) is 8.48. The molecule has 1 fully saturated rings. The normalized spacial score (nSPS) is 17.1. The molecular weight excluding hydrogens is 400 g/mol. The molecule has 1 aliphatic rings. The fourth-order valence-corrected chi connectivity index (χ4v) is 3.37. The Bertz CT molecular complexity index is 964. The summed E-state index contributed by atoms with van der Waals surface area (Å²) in [5.74, 6) is -0.967. The zero-order valence-electron chi connectivity index (χ0n) is 15.8. The molecule has 1 amide bonds. The van der Waals surface area contributed by atoms with E-state index >= 15 is 0 Å². The van der Waals surface area contributed by atoms with Gasteiger partial charge in [-0.15, -0.1) is 0 Å². The Morgan fingerprint density at radius 1 is 1.31 bits per heavy atom. The van der Waals surface area contributed by atoms with Crippen molar-refractivity contribution in [3.63, 3.8) is 0 Å². The number of esters is 1. The van der Waals surface area contributed by atoms with Crippen LogP contribution in [0.5, 0.6) is 5.75 Å². The van der Waals surface area contributed by atoms with Gasteiger partial charge in [-0.1, -0.05) is 23.7 Å². The highest BCUT2D eigenvalue weighted by molar-refractivity contribution is 6.31. The summed E-state index contributed by atoms with van der Waals surface area (Å²) in [6, 6.07) is 10.8. The number of carbonyl (C=O) groups is 2. The number of non-ortho nitro benzene ring substituents is 1. The van der Waals surface area contributed by atoms with Crippen molar-refractivity contribution in [1.29, 1.82) is 0 Å². The molecule has 0 N–H and O–H groups in total. The maximum Gasteiger partial charge on any atom is 0.311 e. The van der Waals surface area contributed by atoms with Crippen molar-refractivity contribution >= 4 is 34.9 Å². The number of hydrogen-bond acceptors (Lipinski definition) is 6. The number of ether oxygens (including phenoxy) is 2. The van der Waals surface area contributed by atoms with Crippen LogP contribution in [-0.2, 0) is 14.3 Å². The highest BCUT2D eigenvalue weighted by Gasteiger charge is 2.38. The van der Waals surface area contributed by atoms with Crippen LogP contribution in [0.25, 0.3) is 0 Å². The average Bonchev–Trinajstić information content (AvgIpc) is 3.09. The average molecular weight is 419 g/mol. The Kier molecular flexibility index (Phi) is 6.03. The maximum absolute atomic E-state index is 12.6. The lowest BCUT2D eigenvalue weighted by Crippen LogP contribution is -2.27. The number of rotatable bonds is 6. The van der Waals surface area contributed by atoms with Gasteiger partial charge in [0.1, 0.15) is 11.9 Å². The summed E-state index contributed by atoms with van der Waals surface area (Å²) in [5, 5.41) is 11.4. The van der Waals surface area contributed by atoms with E-state index in [4.69, 9.17) is 21.1 Å². The molecule has 2 aromatic rings. The molecule has 3 rings (SSSR count). The fraction of sp³-hybridized carbons (Fsp3) is 0.300. The van der Waals surface area contributed by atoms with E-state index in [1.165, 1.54) is 30.2 Å². The standard InChI is InChI=1S/C20H19ClN2O6/c1-12(13-4-3-5-16(8-13)23(26)27)29-20(25)14-9-19(24)22(11-14)17-10-15(21)6-7-18(17)28-2/h3-8,10,12,14H,9,11H2,1-2H3/t12-,14-/m1/s1. The number of anilines is 1. The van der Waals surface area contributed by atoms with Gasteiger partial charge in [-0.2, -0.15) is 0 Å². The van der Waals surface area contributed by atoms with Gasteiger partial charge in [0, 0.05) is 30.1 Å². The number of nitro benzene ring substituents is 1. The van der Waals surface area contributed by atoms with Gasteiger partial charge in [0.05, 0.1) is 23.6 Å². The van der Waals surface area contributed by atoms with Crippen molar-refractivity contribution in [2.75, 3.05) is 18.6 Å². The number of halogens is 1. The monoisotopic (exact) mass is 418 g/mol. The Hall–Kier alpha value is -3.13. The van der Waals surface area contributed by atoms with E-state index in [0.29, 0.717) is 22.0 Å². The van der Waals surface area contributed by atoms with Crippen LogP contribution >= 0.6 is 11.6 Å². The van der Waals surface area contributed by atoms with Crippen molar-refractivity contribution in [2.24, 2.45) is 5.92 Å². The molecule has 0 aliphatic carbocycles. The first-order chi connectivity index (χ1) is 13.8. The highest BCUT2D eigenvalue weighted by Crippen LogP contribution is 2.36. The minimum absolute atomic E-state index is 0.00381. The Balaban J connectivity index is 1.71. The van der Waals surface area contributed by atoms with Gasteiger partial charge in [0.2, 0.25) is 5.91 Å². The molecule has 29 heavy (non-hydrogen) atoms. The zero-order chi connectivity index (χ0) is 21.1. The number of nitro groups is 1. The molecule has 9 heteroatoms. The van der Waals surface area contributed by atoms with E-state index in [0.717, 1.165) is 0 Å². The molecule has 0 aromatic heterocycles. The molecular formula is C20H19ClN2O6. The Labute approximate surface area is 172 Å². The van der Waals surface area contributed by atoms with Crippen LogP contribution in [0, 0.1) is 16.0 Å². The van der Waals surface area contributed by atoms with Crippen LogP contribution in [0.15, 0.2) is 42.5 Å². The van der Waals surface area contributed by atoms with Crippen molar-refractivity contribution < 1.29 is 24.0 Å². The highest BCUT2D eigenvalue weighted by atomic mass is 35.5. The lowest BCUT2D eigenvalue weighted by Gasteiger charge is -2.20. The molecule has 0 radical (unpaired) electrons. The van der Waals surface area contributed by atoms with Gasteiger partial charge >= 0.3 is 5.97 Å². The molecule has 1 heterocycles. The topological polar surface area (TPSA) is 99.0 Å². The summed E-state index contributed by atoms with van der Waals surface area (Å²) in [6.07, 6.45) is -0.692. The van der Waals surface area contributed by atoms with Crippen LogP contribution < -0.4 is 9.64 Å². The van der Waals surface area contributed by atoms with Gasteiger partial charge in [-0.25, -0.2) is 0 Å². The molecule has 2 aromatic carbocycles. The number of amides is 1. The van der Waals surface area contributed by atoms with Gasteiger partial charge in [-0.05, 0) is 30.7 Å². The third kappa shape index (κ3) is 4.48. The van der Waals surface area contributed by atoms with Crippen LogP contribution in [0.3, 0.4) is 0 Å². The zero-order valence-corrected chi connectivity index (χ0v) is 16.6. The first-order valence-electron chi connectivity index (χ1n) is 8.89. The van der Waals surface area contributed by atoms with Crippen molar-refractivity contribution in [3.05, 3.63) is 63.2 Å². The Morgan fingerprint density at radius 3 is 2.76 bits per heavy atom. The van der Waals surface area contributed by atoms with E-state index in [1.807, 2.05) is 0 Å². The van der Waals surface area contributed by atoms with Crippen molar-refractivity contribution in [1.82, 2.24) is 0 Å². The summed E-state index contributed by atoms with van der Waals surface area (Å²) in [4.78, 5) is 37.0. The Morgan fingerprint density at radius 2 is 2.07 bits per heavy atom. The summed E-state index contributed by atoms with van der Waals surface area (Å²) >= 11 is 6.04. The summed E-state index contributed by atoms with van der Waals surface area (Å²) in [6.45, 7) is 1.77. The van der Waals surface area contributed by atoms with E-state index in [9.17, 15) is 19.7 Å². The second-order valence-corrected chi connectivity index (χ2v) is 7.09. The molecule has 0 saturated carbocycles. The minimum atomic E-state index is -0.688. The van der Waals surface area contributed by atoms with Crippen molar-refractivity contribution in [3.8, 4) is 5.75 Å². The van der Waals surface area contributed by atoms with E-state index < -0.39 is 22.9 Å². The minimum Gasteiger partial charge on any atom is -0.495 e. The number of methoxy groups -OCH3 is 1. The summed E-state index contributed by atoms with van der Waals surface area (Å²) < 4.78 is 10.8. The smallest absolute Gasteiger partial charge is 0.311 e. The molecule has 2 atom stereocenters. The molecule has 1 saturated heterocycles. The molecule has 8 nitrogen and oxygen atoms in total. The van der Waals surface area contributed by atoms with E-state index in [-0.39, 0.29) is 24.6 Å². The van der Waals surface area contributed by atoms with Gasteiger partial charge < -0.3 is 14.4 Å².